The Balaban J connectivity index is 2.03. The molecule has 0 bridgehead atoms. The van der Waals surface area contributed by atoms with Gasteiger partial charge in [0.2, 0.25) is 0 Å². The summed E-state index contributed by atoms with van der Waals surface area (Å²) in [4.78, 5) is 44.5. The largest absolute Gasteiger partial charge is 0.511 e. The summed E-state index contributed by atoms with van der Waals surface area (Å²) in [6.07, 6.45) is 7.14. The number of nitrogens with zero attached hydrogens (tertiary/aromatic N) is 1. The lowest BCUT2D eigenvalue weighted by atomic mass is 9.75. The molecule has 4 rings (SSSR count). The van der Waals surface area contributed by atoms with E-state index in [9.17, 15) is 19.5 Å². The number of H-pyrrole nitrogens is 1. The average molecular weight is 601 g/mol. The van der Waals surface area contributed by atoms with Crippen molar-refractivity contribution in [2.75, 3.05) is 0 Å². The van der Waals surface area contributed by atoms with Crippen molar-refractivity contribution in [2.45, 2.75) is 93.9 Å². The maximum atomic E-state index is 13.9. The Morgan fingerprint density at radius 3 is 1.70 bits per heavy atom. The fourth-order valence-electron chi connectivity index (χ4n) is 4.69. The molecule has 8 heteroatoms. The van der Waals surface area contributed by atoms with Crippen LogP contribution >= 0.6 is 0 Å². The van der Waals surface area contributed by atoms with E-state index in [1.54, 1.807) is 12.2 Å². The summed E-state index contributed by atoms with van der Waals surface area (Å²) in [7, 11) is 0. The van der Waals surface area contributed by atoms with Gasteiger partial charge < -0.3 is 19.8 Å². The van der Waals surface area contributed by atoms with Crippen molar-refractivity contribution in [1.29, 1.82) is 0 Å². The molecule has 0 unspecified atom stereocenters. The molecule has 0 radical (unpaired) electrons. The smallest absolute Gasteiger partial charge is 0.335 e. The van der Waals surface area contributed by atoms with Gasteiger partial charge in [-0.05, 0) is 77.0 Å². The Hall–Kier alpha value is -4.20. The molecule has 0 saturated carbocycles. The lowest BCUT2D eigenvalue weighted by Crippen LogP contribution is -2.31. The van der Waals surface area contributed by atoms with Gasteiger partial charge in [-0.15, -0.1) is 0 Å². The molecule has 0 fully saturated rings. The number of allylic oxidation sites excluding steroid dienone is 9. The third-order valence-electron chi connectivity index (χ3n) is 7.37. The minimum absolute atomic E-state index is 0.215. The molecule has 0 spiro atoms. The van der Waals surface area contributed by atoms with Crippen molar-refractivity contribution in [3.05, 3.63) is 102 Å². The molecular weight excluding hydrogens is 556 g/mol. The van der Waals surface area contributed by atoms with Crippen molar-refractivity contribution in [1.82, 2.24) is 9.97 Å². The zero-order valence-electron chi connectivity index (χ0n) is 27.9. The van der Waals surface area contributed by atoms with E-state index in [4.69, 9.17) is 9.15 Å². The standard InChI is InChI=1S/C36H44N2O6/c1-33(2,3)23-15-19(16-24(43-23)34(4,5)6)13-21-27(28-30(40)37-32(42)38-31(28)41)22(29(21)39)14-20-17-25(35(7,8)9)44-26(18-20)36(10,11)12/h13-18H,1-12H3,(H2-,37,38,39,40,41,42). The van der Waals surface area contributed by atoms with Crippen LogP contribution in [0.15, 0.2) is 72.6 Å². The van der Waals surface area contributed by atoms with E-state index in [0.717, 1.165) is 23.0 Å². The predicted molar refractivity (Wildman–Crippen MR) is 173 cm³/mol. The second-order valence-corrected chi connectivity index (χ2v) is 15.6. The van der Waals surface area contributed by atoms with Crippen LogP contribution in [-0.4, -0.2) is 15.9 Å². The van der Waals surface area contributed by atoms with Crippen molar-refractivity contribution in [3.63, 3.8) is 0 Å². The Morgan fingerprint density at radius 1 is 0.773 bits per heavy atom. The molecule has 1 aliphatic carbocycles. The van der Waals surface area contributed by atoms with Crippen LogP contribution in [0.5, 0.6) is 5.88 Å². The van der Waals surface area contributed by atoms with Crippen LogP contribution < -0.4 is 16.2 Å². The van der Waals surface area contributed by atoms with Gasteiger partial charge in [0, 0.05) is 39.7 Å². The maximum absolute atomic E-state index is 13.9. The Labute approximate surface area is 259 Å². The number of ether oxygens (including phenoxy) is 1. The first kappa shape index (κ1) is 32.7. The second-order valence-electron chi connectivity index (χ2n) is 15.6. The Kier molecular flexibility index (Phi) is 7.99. The van der Waals surface area contributed by atoms with Crippen molar-refractivity contribution in [2.24, 2.45) is 10.8 Å². The highest BCUT2D eigenvalue weighted by atomic mass is 16.5. The number of carbonyl (C=O) groups is 1. The summed E-state index contributed by atoms with van der Waals surface area (Å²) in [6, 6.07) is 3.75. The minimum atomic E-state index is -0.970. The SMILES string of the molecule is CC(C)(C)C1=CC(=CC2=C(c3c(O)[n-]c(=O)[nH]c3=O)/C(=C/c3cc(C(C)(C)C)[o+]c(C(C)(C)C)c3)C2=O)C=C(C(C)(C)C)O1. The number of carbonyl (C=O) groups excluding carboxylic acids is 1. The van der Waals surface area contributed by atoms with Gasteiger partial charge in [0.25, 0.3) is 0 Å². The van der Waals surface area contributed by atoms with Gasteiger partial charge in [-0.3, -0.25) is 14.4 Å². The van der Waals surface area contributed by atoms with Crippen LogP contribution in [0.4, 0.5) is 0 Å². The highest BCUT2D eigenvalue weighted by molar-refractivity contribution is 6.36. The van der Waals surface area contributed by atoms with E-state index in [2.05, 4.69) is 9.97 Å². The molecule has 2 aromatic rings. The number of aromatic amines is 1. The number of aromatic nitrogens is 2. The molecule has 0 atom stereocenters. The third kappa shape index (κ3) is 6.64. The van der Waals surface area contributed by atoms with Crippen molar-refractivity contribution < 1.29 is 19.1 Å². The Morgan fingerprint density at radius 2 is 1.27 bits per heavy atom. The summed E-state index contributed by atoms with van der Waals surface area (Å²) < 4.78 is 12.5. The average Bonchev–Trinajstić information content (AvgIpc) is 2.86. The normalized spacial score (nSPS) is 17.3. The van der Waals surface area contributed by atoms with Crippen LogP contribution in [0.3, 0.4) is 0 Å². The van der Waals surface area contributed by atoms with Gasteiger partial charge in [0.1, 0.15) is 17.4 Å². The second kappa shape index (κ2) is 10.8. The van der Waals surface area contributed by atoms with Gasteiger partial charge in [-0.2, -0.15) is 0 Å². The topological polar surface area (TPSA) is 122 Å². The molecule has 2 N–H and O–H groups in total. The highest BCUT2D eigenvalue weighted by Gasteiger charge is 2.38. The minimum Gasteiger partial charge on any atom is -0.511 e. The highest BCUT2D eigenvalue weighted by Crippen LogP contribution is 2.44. The number of hydrogen-bond donors (Lipinski definition) is 2. The lowest BCUT2D eigenvalue weighted by Gasteiger charge is -2.33. The number of aromatic hydroxyl groups is 1. The number of Topliss-reactive ketones (excluding diaryl/α,β-unsaturated/α-hetero) is 1. The van der Waals surface area contributed by atoms with Gasteiger partial charge in [-0.1, -0.05) is 41.5 Å². The van der Waals surface area contributed by atoms with E-state index in [0.29, 0.717) is 11.1 Å². The summed E-state index contributed by atoms with van der Waals surface area (Å²) in [5.74, 6) is 1.89. The quantitative estimate of drug-likeness (QED) is 0.285. The number of nitrogens with one attached hydrogen (secondary N) is 1. The van der Waals surface area contributed by atoms with Gasteiger partial charge in [0.15, 0.2) is 17.0 Å². The van der Waals surface area contributed by atoms with E-state index < -0.39 is 17.1 Å². The summed E-state index contributed by atoms with van der Waals surface area (Å²) >= 11 is 0. The summed E-state index contributed by atoms with van der Waals surface area (Å²) in [6.45, 7) is 24.5. The number of ketones is 1. The number of rotatable bonds is 3. The van der Waals surface area contributed by atoms with E-state index >= 15 is 0 Å². The Bertz CT molecular complexity index is 1750. The molecule has 0 aromatic carbocycles. The van der Waals surface area contributed by atoms with Crippen molar-refractivity contribution >= 4 is 17.4 Å². The first-order chi connectivity index (χ1) is 20.0. The molecule has 234 valence electrons. The van der Waals surface area contributed by atoms with Gasteiger partial charge in [0.05, 0.1) is 16.4 Å². The van der Waals surface area contributed by atoms with E-state index in [1.807, 2.05) is 107 Å². The van der Waals surface area contributed by atoms with Crippen LogP contribution in [0.25, 0.3) is 11.6 Å². The fraction of sp³-hybridized carbons (Fsp3) is 0.444. The molecule has 3 heterocycles. The molecule has 0 amide bonds. The van der Waals surface area contributed by atoms with Gasteiger partial charge >= 0.3 is 11.5 Å². The monoisotopic (exact) mass is 600 g/mol. The number of hydrogen-bond acceptors (Lipinski definition) is 5. The van der Waals surface area contributed by atoms with E-state index in [-0.39, 0.29) is 49.7 Å². The molecule has 1 aliphatic heterocycles. The molecule has 0 saturated heterocycles. The molecule has 8 nitrogen and oxygen atoms in total. The fourth-order valence-corrected chi connectivity index (χ4v) is 4.69. The van der Waals surface area contributed by atoms with Crippen LogP contribution in [0, 0.1) is 10.8 Å². The molecule has 2 aliphatic rings. The maximum Gasteiger partial charge on any atom is 0.335 e. The summed E-state index contributed by atoms with van der Waals surface area (Å²) in [5, 5.41) is 10.7. The third-order valence-corrected chi connectivity index (χ3v) is 7.37. The first-order valence-electron chi connectivity index (χ1n) is 14.8. The lowest BCUT2D eigenvalue weighted by molar-refractivity contribution is -0.112. The van der Waals surface area contributed by atoms with Gasteiger partial charge in [-0.25, -0.2) is 4.42 Å². The zero-order chi connectivity index (χ0) is 33.2. The summed E-state index contributed by atoms with van der Waals surface area (Å²) in [5.41, 5.74) is -1.22. The first-order valence-corrected chi connectivity index (χ1v) is 14.8. The van der Waals surface area contributed by atoms with E-state index in [1.165, 1.54) is 0 Å². The van der Waals surface area contributed by atoms with Crippen molar-refractivity contribution in [3.8, 4) is 5.88 Å². The van der Waals surface area contributed by atoms with Crippen LogP contribution in [-0.2, 0) is 20.4 Å². The molecule has 2 aromatic heterocycles. The molecular formula is C36H44N2O6. The zero-order valence-corrected chi connectivity index (χ0v) is 27.9. The van der Waals surface area contributed by atoms with Crippen LogP contribution in [0.1, 0.15) is 106 Å². The molecule has 44 heavy (non-hydrogen) atoms. The van der Waals surface area contributed by atoms with Crippen LogP contribution in [0.2, 0.25) is 0 Å². The predicted octanol–water partition coefficient (Wildman–Crippen LogP) is 7.10.